The Balaban J connectivity index is 1.09. The molecule has 1 saturated heterocycles. The first kappa shape index (κ1) is 20.6. The van der Waals surface area contributed by atoms with Gasteiger partial charge in [-0.1, -0.05) is 6.07 Å². The zero-order valence-corrected chi connectivity index (χ0v) is 19.0. The summed E-state index contributed by atoms with van der Waals surface area (Å²) in [5, 5.41) is 3.32. The van der Waals surface area contributed by atoms with Crippen molar-refractivity contribution < 1.29 is 9.21 Å². The van der Waals surface area contributed by atoms with Crippen molar-refractivity contribution in [2.45, 2.75) is 33.0 Å². The summed E-state index contributed by atoms with van der Waals surface area (Å²) < 4.78 is 5.08. The van der Waals surface area contributed by atoms with E-state index in [1.54, 1.807) is 18.2 Å². The fourth-order valence-electron chi connectivity index (χ4n) is 4.79. The number of benzene rings is 2. The quantitative estimate of drug-likeness (QED) is 0.486. The number of likely N-dealkylation sites (tertiary alicyclic amines) is 1. The van der Waals surface area contributed by atoms with E-state index >= 15 is 0 Å². The molecule has 1 amide bonds. The molecule has 0 bridgehead atoms. The Labute approximate surface area is 195 Å². The predicted octanol–water partition coefficient (Wildman–Crippen LogP) is 3.11. The lowest BCUT2D eigenvalue weighted by molar-refractivity contribution is 0.0249. The second-order valence-corrected chi connectivity index (χ2v) is 9.16. The lowest BCUT2D eigenvalue weighted by Gasteiger charge is -2.43. The van der Waals surface area contributed by atoms with Crippen LogP contribution >= 0.6 is 0 Å². The van der Waals surface area contributed by atoms with Crippen molar-refractivity contribution in [3.05, 3.63) is 81.1 Å². The fourth-order valence-corrected chi connectivity index (χ4v) is 4.79. The number of hydrogen-bond acceptors (Lipinski definition) is 7. The predicted molar refractivity (Wildman–Crippen MR) is 127 cm³/mol. The lowest BCUT2D eigenvalue weighted by Crippen LogP contribution is -2.59. The highest BCUT2D eigenvalue weighted by atomic mass is 16.4. The molecule has 0 radical (unpaired) electrons. The molecule has 2 aromatic carbocycles. The van der Waals surface area contributed by atoms with Gasteiger partial charge in [-0.3, -0.25) is 14.7 Å². The van der Waals surface area contributed by atoms with Crippen LogP contribution in [0.4, 0.5) is 11.6 Å². The molecule has 0 aliphatic carbocycles. The Kier molecular flexibility index (Phi) is 4.73. The van der Waals surface area contributed by atoms with Crippen molar-refractivity contribution in [3.63, 3.8) is 0 Å². The lowest BCUT2D eigenvalue weighted by atomic mass is 10.0. The SMILES string of the molecule is Cc1cc(C)cc(Nc2ncc3c(n2)CN(C2CN(C(=O)c4ccc5[nH]c(=O)oc5c4)C2)C3)c1. The molecule has 0 unspecified atom stereocenters. The summed E-state index contributed by atoms with van der Waals surface area (Å²) in [6.07, 6.45) is 1.90. The van der Waals surface area contributed by atoms with Gasteiger partial charge in [0, 0.05) is 55.2 Å². The van der Waals surface area contributed by atoms with Crippen molar-refractivity contribution in [1.29, 1.82) is 0 Å². The van der Waals surface area contributed by atoms with Crippen LogP contribution in [0, 0.1) is 13.8 Å². The number of carbonyl (C=O) groups excluding carboxylic acids is 1. The number of hydrogen-bond donors (Lipinski definition) is 2. The summed E-state index contributed by atoms with van der Waals surface area (Å²) in [7, 11) is 0. The van der Waals surface area contributed by atoms with Gasteiger partial charge >= 0.3 is 5.76 Å². The van der Waals surface area contributed by atoms with Crippen LogP contribution in [0.5, 0.6) is 0 Å². The number of aryl methyl sites for hydroxylation is 2. The van der Waals surface area contributed by atoms with Crippen molar-refractivity contribution in [2.75, 3.05) is 18.4 Å². The maximum atomic E-state index is 12.9. The number of anilines is 2. The Morgan fingerprint density at radius 1 is 1.12 bits per heavy atom. The van der Waals surface area contributed by atoms with E-state index < -0.39 is 5.76 Å². The number of nitrogens with one attached hydrogen (secondary N) is 2. The summed E-state index contributed by atoms with van der Waals surface area (Å²) in [5.74, 6) is 0.0221. The summed E-state index contributed by atoms with van der Waals surface area (Å²) >= 11 is 0. The van der Waals surface area contributed by atoms with Crippen molar-refractivity contribution in [3.8, 4) is 0 Å². The maximum absolute atomic E-state index is 12.9. The van der Waals surface area contributed by atoms with E-state index in [2.05, 4.69) is 52.2 Å². The number of oxazole rings is 1. The zero-order valence-electron chi connectivity index (χ0n) is 19.0. The number of H-pyrrole nitrogens is 1. The van der Waals surface area contributed by atoms with E-state index in [9.17, 15) is 9.59 Å². The molecule has 172 valence electrons. The van der Waals surface area contributed by atoms with E-state index in [0.717, 1.165) is 30.0 Å². The van der Waals surface area contributed by atoms with Crippen LogP contribution in [0.15, 0.2) is 51.8 Å². The van der Waals surface area contributed by atoms with Gasteiger partial charge in [-0.05, 0) is 55.3 Å². The number of fused-ring (bicyclic) bond motifs is 2. The highest BCUT2D eigenvalue weighted by molar-refractivity contribution is 5.97. The molecule has 2 aromatic heterocycles. The molecule has 6 rings (SSSR count). The molecule has 4 heterocycles. The van der Waals surface area contributed by atoms with Gasteiger partial charge < -0.3 is 14.6 Å². The average molecular weight is 457 g/mol. The summed E-state index contributed by atoms with van der Waals surface area (Å²) in [5.41, 5.74) is 7.03. The first-order valence-corrected chi connectivity index (χ1v) is 11.3. The molecule has 34 heavy (non-hydrogen) atoms. The molecule has 1 fully saturated rings. The number of rotatable bonds is 4. The van der Waals surface area contributed by atoms with Gasteiger partial charge in [0.15, 0.2) is 5.58 Å². The number of amides is 1. The van der Waals surface area contributed by atoms with Crippen LogP contribution in [-0.4, -0.2) is 49.8 Å². The molecule has 0 spiro atoms. The molecule has 2 aliphatic rings. The Morgan fingerprint density at radius 3 is 2.71 bits per heavy atom. The van der Waals surface area contributed by atoms with Gasteiger partial charge in [0.05, 0.1) is 11.2 Å². The Bertz CT molecular complexity index is 1460. The number of aromatic amines is 1. The molecule has 9 heteroatoms. The van der Waals surface area contributed by atoms with Crippen LogP contribution < -0.4 is 11.1 Å². The highest BCUT2D eigenvalue weighted by Gasteiger charge is 2.38. The zero-order chi connectivity index (χ0) is 23.4. The monoisotopic (exact) mass is 456 g/mol. The standard InChI is InChI=1S/C25H24N6O3/c1-14-5-15(2)7-18(6-14)27-24-26-9-17-10-30(13-21(17)28-24)19-11-31(12-19)23(32)16-3-4-20-22(8-16)34-25(33)29-20/h3-9,19H,10-13H2,1-2H3,(H,29,33)(H,26,27,28). The van der Waals surface area contributed by atoms with Crippen LogP contribution in [0.3, 0.4) is 0 Å². The molecule has 0 atom stereocenters. The van der Waals surface area contributed by atoms with E-state index in [1.165, 1.54) is 11.1 Å². The second-order valence-electron chi connectivity index (χ2n) is 9.16. The highest BCUT2D eigenvalue weighted by Crippen LogP contribution is 2.29. The van der Waals surface area contributed by atoms with E-state index in [4.69, 9.17) is 9.40 Å². The van der Waals surface area contributed by atoms with Crippen molar-refractivity contribution in [2.24, 2.45) is 0 Å². The smallest absolute Gasteiger partial charge is 0.408 e. The molecule has 2 N–H and O–H groups in total. The van der Waals surface area contributed by atoms with Crippen LogP contribution in [0.25, 0.3) is 11.1 Å². The second kappa shape index (κ2) is 7.81. The van der Waals surface area contributed by atoms with Gasteiger partial charge in [0.25, 0.3) is 5.91 Å². The minimum atomic E-state index is -0.521. The summed E-state index contributed by atoms with van der Waals surface area (Å²) in [4.78, 5) is 40.2. The molecular weight excluding hydrogens is 432 g/mol. The Hall–Kier alpha value is -3.98. The number of nitrogens with zero attached hydrogens (tertiary/aromatic N) is 4. The van der Waals surface area contributed by atoms with Crippen LogP contribution in [0.1, 0.15) is 32.7 Å². The topological polar surface area (TPSA) is 107 Å². The van der Waals surface area contributed by atoms with Gasteiger partial charge in [0.2, 0.25) is 5.95 Å². The molecule has 9 nitrogen and oxygen atoms in total. The van der Waals surface area contributed by atoms with Crippen molar-refractivity contribution >= 4 is 28.6 Å². The summed E-state index contributed by atoms with van der Waals surface area (Å²) in [6, 6.07) is 11.6. The number of aromatic nitrogens is 3. The minimum absolute atomic E-state index is 0.0570. The average Bonchev–Trinajstić information content (AvgIpc) is 3.33. The fraction of sp³-hybridized carbons (Fsp3) is 0.280. The van der Waals surface area contributed by atoms with E-state index in [0.29, 0.717) is 35.7 Å². The molecule has 4 aromatic rings. The molecule has 0 saturated carbocycles. The maximum Gasteiger partial charge on any atom is 0.417 e. The van der Waals surface area contributed by atoms with Crippen LogP contribution in [-0.2, 0) is 13.1 Å². The number of carbonyl (C=O) groups is 1. The van der Waals surface area contributed by atoms with E-state index in [1.807, 2.05) is 11.1 Å². The molecule has 2 aliphatic heterocycles. The molecular formula is C25H24N6O3. The van der Waals surface area contributed by atoms with Crippen LogP contribution in [0.2, 0.25) is 0 Å². The largest absolute Gasteiger partial charge is 0.417 e. The van der Waals surface area contributed by atoms with Gasteiger partial charge in [-0.25, -0.2) is 14.8 Å². The third kappa shape index (κ3) is 3.73. The van der Waals surface area contributed by atoms with Gasteiger partial charge in [0.1, 0.15) is 0 Å². The summed E-state index contributed by atoms with van der Waals surface area (Å²) in [6.45, 7) is 6.98. The first-order valence-electron chi connectivity index (χ1n) is 11.3. The van der Waals surface area contributed by atoms with Gasteiger partial charge in [-0.15, -0.1) is 0 Å². The van der Waals surface area contributed by atoms with E-state index in [-0.39, 0.29) is 11.9 Å². The third-order valence-electron chi connectivity index (χ3n) is 6.49. The van der Waals surface area contributed by atoms with Gasteiger partial charge in [-0.2, -0.15) is 0 Å². The first-order chi connectivity index (χ1) is 16.4. The minimum Gasteiger partial charge on any atom is -0.408 e. The van der Waals surface area contributed by atoms with Crippen molar-refractivity contribution in [1.82, 2.24) is 24.8 Å². The Morgan fingerprint density at radius 2 is 1.91 bits per heavy atom. The normalized spacial score (nSPS) is 16.0. The third-order valence-corrected chi connectivity index (χ3v) is 6.49.